The van der Waals surface area contributed by atoms with Crippen molar-refractivity contribution in [1.82, 2.24) is 0 Å². The van der Waals surface area contributed by atoms with Gasteiger partial charge in [-0.1, -0.05) is 54.6 Å². The summed E-state index contributed by atoms with van der Waals surface area (Å²) in [5.74, 6) is 0. The van der Waals surface area contributed by atoms with Crippen LogP contribution >= 0.6 is 0 Å². The maximum atomic E-state index is 12.9. The number of hydrogen-bond donors (Lipinski definition) is 0. The van der Waals surface area contributed by atoms with Gasteiger partial charge in [0.15, 0.2) is 0 Å². The van der Waals surface area contributed by atoms with Crippen molar-refractivity contribution in [2.45, 2.75) is 12.4 Å². The van der Waals surface area contributed by atoms with E-state index in [2.05, 4.69) is 4.99 Å². The number of benzene rings is 3. The topological polar surface area (TPSA) is 12.4 Å². The van der Waals surface area contributed by atoms with Gasteiger partial charge in [-0.05, 0) is 34.9 Å². The first kappa shape index (κ1) is 19.7. The number of aliphatic imine (C=N–C) groups is 1. The first-order chi connectivity index (χ1) is 13.1. The normalized spacial score (nSPS) is 12.5. The molecule has 0 aliphatic heterocycles. The lowest BCUT2D eigenvalue weighted by Crippen LogP contribution is -2.10. The average molecular weight is 393 g/mol. The highest BCUT2D eigenvalue weighted by Crippen LogP contribution is 2.38. The maximum absolute atomic E-state index is 12.9. The van der Waals surface area contributed by atoms with Crippen molar-refractivity contribution >= 4 is 11.9 Å². The van der Waals surface area contributed by atoms with Gasteiger partial charge in [0.2, 0.25) is 0 Å². The van der Waals surface area contributed by atoms with Gasteiger partial charge >= 0.3 is 12.4 Å². The molecule has 0 aromatic heterocycles. The van der Waals surface area contributed by atoms with Gasteiger partial charge in [0.25, 0.3) is 0 Å². The van der Waals surface area contributed by atoms with Crippen LogP contribution in [0.1, 0.15) is 16.7 Å². The molecular weight excluding hydrogens is 380 g/mol. The van der Waals surface area contributed by atoms with Crippen molar-refractivity contribution in [2.75, 3.05) is 0 Å². The minimum absolute atomic E-state index is 0.0771. The Balaban J connectivity index is 1.89. The number of nitrogens with zero attached hydrogens (tertiary/aromatic N) is 1. The highest BCUT2D eigenvalue weighted by Gasteiger charge is 2.36. The van der Waals surface area contributed by atoms with Gasteiger partial charge in [-0.15, -0.1) is 0 Å². The molecule has 0 saturated heterocycles. The Morgan fingerprint density at radius 2 is 1.11 bits per heavy atom. The third kappa shape index (κ3) is 4.79. The molecule has 28 heavy (non-hydrogen) atoms. The molecule has 0 bridgehead atoms. The van der Waals surface area contributed by atoms with Crippen molar-refractivity contribution in [3.8, 4) is 11.1 Å². The predicted octanol–water partition coefficient (Wildman–Crippen LogP) is 7.14. The van der Waals surface area contributed by atoms with Crippen LogP contribution in [-0.4, -0.2) is 6.21 Å². The molecule has 3 aromatic rings. The Kier molecular flexibility index (Phi) is 5.27. The van der Waals surface area contributed by atoms with Gasteiger partial charge in [0.05, 0.1) is 16.8 Å². The summed E-state index contributed by atoms with van der Waals surface area (Å²) in [4.78, 5) is 3.80. The van der Waals surface area contributed by atoms with Crippen LogP contribution in [-0.2, 0) is 12.4 Å². The lowest BCUT2D eigenvalue weighted by Gasteiger charge is -2.12. The Bertz CT molecular complexity index is 938. The molecule has 0 unspecified atom stereocenters. The first-order valence-corrected chi connectivity index (χ1v) is 8.12. The van der Waals surface area contributed by atoms with E-state index < -0.39 is 29.2 Å². The van der Waals surface area contributed by atoms with Crippen LogP contribution in [0.15, 0.2) is 77.8 Å². The smallest absolute Gasteiger partial charge is 0.256 e. The average Bonchev–Trinajstić information content (AvgIpc) is 2.66. The molecule has 0 saturated carbocycles. The fourth-order valence-corrected chi connectivity index (χ4v) is 2.55. The van der Waals surface area contributed by atoms with E-state index in [1.165, 1.54) is 6.21 Å². The number of alkyl halides is 6. The van der Waals surface area contributed by atoms with Crippen molar-refractivity contribution in [1.29, 1.82) is 0 Å². The number of rotatable bonds is 3. The van der Waals surface area contributed by atoms with Crippen LogP contribution in [0.25, 0.3) is 11.1 Å². The predicted molar refractivity (Wildman–Crippen MR) is 95.6 cm³/mol. The second-order valence-electron chi connectivity index (χ2n) is 6.01. The molecule has 0 aliphatic rings. The van der Waals surface area contributed by atoms with Gasteiger partial charge in [0, 0.05) is 6.21 Å². The Labute approximate surface area is 157 Å². The monoisotopic (exact) mass is 393 g/mol. The van der Waals surface area contributed by atoms with Crippen molar-refractivity contribution < 1.29 is 26.3 Å². The second kappa shape index (κ2) is 7.50. The zero-order valence-corrected chi connectivity index (χ0v) is 14.2. The first-order valence-electron chi connectivity index (χ1n) is 8.12. The molecular formula is C21H13F6N. The molecule has 0 amide bonds. The number of hydrogen-bond acceptors (Lipinski definition) is 1. The van der Waals surface area contributed by atoms with E-state index in [-0.39, 0.29) is 6.07 Å². The SMILES string of the molecule is FC(F)(F)c1cc(N=Cc2ccc(-c3ccccc3)cc2)cc(C(F)(F)F)c1. The minimum atomic E-state index is -4.90. The molecule has 7 heteroatoms. The molecule has 0 radical (unpaired) electrons. The third-order valence-electron chi connectivity index (χ3n) is 3.95. The molecule has 0 atom stereocenters. The summed E-state index contributed by atoms with van der Waals surface area (Å²) in [6, 6.07) is 17.7. The summed E-state index contributed by atoms with van der Waals surface area (Å²) < 4.78 is 77.3. The van der Waals surface area contributed by atoms with Crippen LogP contribution in [0, 0.1) is 0 Å². The van der Waals surface area contributed by atoms with Crippen LogP contribution in [0.4, 0.5) is 32.0 Å². The summed E-state index contributed by atoms with van der Waals surface area (Å²) in [5, 5.41) is 0. The molecule has 144 valence electrons. The summed E-state index contributed by atoms with van der Waals surface area (Å²) in [5.41, 5.74) is -0.752. The van der Waals surface area contributed by atoms with Crippen molar-refractivity contribution in [3.63, 3.8) is 0 Å². The highest BCUT2D eigenvalue weighted by molar-refractivity contribution is 5.83. The van der Waals surface area contributed by atoms with E-state index in [1.807, 2.05) is 30.3 Å². The van der Waals surface area contributed by atoms with Crippen LogP contribution in [0.2, 0.25) is 0 Å². The van der Waals surface area contributed by atoms with Gasteiger partial charge < -0.3 is 0 Å². The summed E-state index contributed by atoms with van der Waals surface area (Å²) in [6.45, 7) is 0. The quantitative estimate of drug-likeness (QED) is 0.331. The Morgan fingerprint density at radius 1 is 0.607 bits per heavy atom. The van der Waals surface area contributed by atoms with E-state index in [0.29, 0.717) is 17.7 Å². The molecule has 0 N–H and O–H groups in total. The lowest BCUT2D eigenvalue weighted by atomic mass is 10.0. The van der Waals surface area contributed by atoms with Gasteiger partial charge in [-0.2, -0.15) is 26.3 Å². The third-order valence-corrected chi connectivity index (χ3v) is 3.95. The van der Waals surface area contributed by atoms with E-state index in [9.17, 15) is 26.3 Å². The minimum Gasteiger partial charge on any atom is -0.256 e. The molecule has 0 fully saturated rings. The van der Waals surface area contributed by atoms with Crippen LogP contribution in [0.5, 0.6) is 0 Å². The largest absolute Gasteiger partial charge is 0.416 e. The Hall–Kier alpha value is -3.09. The molecule has 3 aromatic carbocycles. The second-order valence-corrected chi connectivity index (χ2v) is 6.01. The summed E-state index contributed by atoms with van der Waals surface area (Å²) in [7, 11) is 0. The zero-order chi connectivity index (χ0) is 20.4. The van der Waals surface area contributed by atoms with Gasteiger partial charge in [0.1, 0.15) is 0 Å². The van der Waals surface area contributed by atoms with E-state index >= 15 is 0 Å². The van der Waals surface area contributed by atoms with E-state index in [4.69, 9.17) is 0 Å². The van der Waals surface area contributed by atoms with Gasteiger partial charge in [-0.25, -0.2) is 0 Å². The molecule has 1 nitrogen and oxygen atoms in total. The lowest BCUT2D eigenvalue weighted by molar-refractivity contribution is -0.143. The Morgan fingerprint density at radius 3 is 1.61 bits per heavy atom. The highest BCUT2D eigenvalue weighted by atomic mass is 19.4. The van der Waals surface area contributed by atoms with E-state index in [1.54, 1.807) is 24.3 Å². The van der Waals surface area contributed by atoms with Crippen LogP contribution in [0.3, 0.4) is 0 Å². The zero-order valence-electron chi connectivity index (χ0n) is 14.2. The number of halogens is 6. The standard InChI is InChI=1S/C21H13F6N/c22-20(23,24)17-10-18(21(25,26)27)12-19(11-17)28-13-14-6-8-16(9-7-14)15-4-2-1-3-5-15/h1-13H. The molecule has 0 aliphatic carbocycles. The fraction of sp³-hybridized carbons (Fsp3) is 0.0952. The molecule has 0 heterocycles. The van der Waals surface area contributed by atoms with Gasteiger partial charge in [-0.3, -0.25) is 4.99 Å². The summed E-state index contributed by atoms with van der Waals surface area (Å²) in [6.07, 6.45) is -8.57. The summed E-state index contributed by atoms with van der Waals surface area (Å²) >= 11 is 0. The maximum Gasteiger partial charge on any atom is 0.416 e. The van der Waals surface area contributed by atoms with Crippen LogP contribution < -0.4 is 0 Å². The molecule has 3 rings (SSSR count). The van der Waals surface area contributed by atoms with E-state index in [0.717, 1.165) is 11.1 Å². The molecule has 0 spiro atoms. The fourth-order valence-electron chi connectivity index (χ4n) is 2.55. The van der Waals surface area contributed by atoms with Crippen molar-refractivity contribution in [3.05, 3.63) is 89.5 Å². The van der Waals surface area contributed by atoms with Crippen molar-refractivity contribution in [2.24, 2.45) is 4.99 Å².